The summed E-state index contributed by atoms with van der Waals surface area (Å²) in [5, 5.41) is 2.60. The molecule has 1 N–H and O–H groups in total. The summed E-state index contributed by atoms with van der Waals surface area (Å²) < 4.78 is 10.6. The van der Waals surface area contributed by atoms with Crippen molar-refractivity contribution in [3.8, 4) is 0 Å². The number of nitrogens with zero attached hydrogens (tertiary/aromatic N) is 1. The Morgan fingerprint density at radius 1 is 1.03 bits per heavy atom. The lowest BCUT2D eigenvalue weighted by atomic mass is 10.2. The number of ether oxygens (including phenoxy) is 2. The highest BCUT2D eigenvalue weighted by molar-refractivity contribution is 6.00. The van der Waals surface area contributed by atoms with E-state index in [9.17, 15) is 14.4 Å². The fourth-order valence-electron chi connectivity index (χ4n) is 3.18. The van der Waals surface area contributed by atoms with Gasteiger partial charge in [-0.3, -0.25) is 10.1 Å². The summed E-state index contributed by atoms with van der Waals surface area (Å²) in [6, 6.07) is 13.9. The minimum atomic E-state index is -0.914. The molecule has 0 bridgehead atoms. The first-order valence-corrected chi connectivity index (χ1v) is 9.84. The third-order valence-corrected chi connectivity index (χ3v) is 4.55. The minimum absolute atomic E-state index is 0.253. The highest BCUT2D eigenvalue weighted by atomic mass is 16.6. The summed E-state index contributed by atoms with van der Waals surface area (Å²) in [4.78, 5) is 38.7. The summed E-state index contributed by atoms with van der Waals surface area (Å²) in [6.45, 7) is 7.46. The molecule has 2 aromatic rings. The largest absolute Gasteiger partial charge is 0.449 e. The van der Waals surface area contributed by atoms with E-state index in [1.165, 1.54) is 12.1 Å². The van der Waals surface area contributed by atoms with Crippen LogP contribution in [0.4, 0.5) is 16.2 Å². The van der Waals surface area contributed by atoms with Crippen LogP contribution in [0.25, 0.3) is 0 Å². The zero-order valence-electron chi connectivity index (χ0n) is 17.6. The number of para-hydroxylation sites is 1. The molecule has 0 radical (unpaired) electrons. The predicted molar refractivity (Wildman–Crippen MR) is 114 cm³/mol. The molecule has 0 aromatic heterocycles. The van der Waals surface area contributed by atoms with E-state index in [0.29, 0.717) is 12.2 Å². The molecular weight excluding hydrogens is 384 g/mol. The maximum Gasteiger partial charge on any atom is 0.412 e. The first-order chi connectivity index (χ1) is 14.1. The van der Waals surface area contributed by atoms with E-state index in [0.717, 1.165) is 17.7 Å². The van der Waals surface area contributed by atoms with Crippen molar-refractivity contribution < 1.29 is 23.9 Å². The van der Waals surface area contributed by atoms with Crippen LogP contribution < -0.4 is 10.2 Å². The van der Waals surface area contributed by atoms with E-state index in [1.54, 1.807) is 44.7 Å². The van der Waals surface area contributed by atoms with Crippen molar-refractivity contribution in [3.63, 3.8) is 0 Å². The molecule has 1 aliphatic heterocycles. The molecule has 0 unspecified atom stereocenters. The number of hydrogen-bond acceptors (Lipinski definition) is 5. The van der Waals surface area contributed by atoms with Gasteiger partial charge in [0.1, 0.15) is 5.60 Å². The van der Waals surface area contributed by atoms with Gasteiger partial charge in [0, 0.05) is 17.9 Å². The van der Waals surface area contributed by atoms with E-state index in [-0.39, 0.29) is 11.5 Å². The molecule has 1 aliphatic rings. The zero-order valence-corrected chi connectivity index (χ0v) is 17.6. The average Bonchev–Trinajstić information content (AvgIpc) is 3.10. The molecule has 0 saturated carbocycles. The second-order valence-corrected chi connectivity index (χ2v) is 8.12. The third-order valence-electron chi connectivity index (χ3n) is 4.55. The van der Waals surface area contributed by atoms with Crippen LogP contribution in [-0.4, -0.2) is 36.2 Å². The first kappa shape index (κ1) is 21.4. The highest BCUT2D eigenvalue weighted by Gasteiger charge is 2.30. The maximum atomic E-state index is 12.8. The molecule has 1 atom stereocenters. The zero-order chi connectivity index (χ0) is 21.9. The standard InChI is InChI=1S/C23H26N2O5/c1-15(20(26)25-14-13-16-7-5-6-8-19(16)25)29-21(27)17-9-11-18(12-10-17)24-22(28)30-23(2,3)4/h5-12,15H,13-14H2,1-4H3,(H,24,28)/t15-/m0/s1. The molecule has 158 valence electrons. The van der Waals surface area contributed by atoms with Crippen molar-refractivity contribution in [3.05, 3.63) is 59.7 Å². The molecule has 30 heavy (non-hydrogen) atoms. The van der Waals surface area contributed by atoms with Crippen molar-refractivity contribution in [2.75, 3.05) is 16.8 Å². The van der Waals surface area contributed by atoms with Crippen molar-refractivity contribution in [2.24, 2.45) is 0 Å². The number of fused-ring (bicyclic) bond motifs is 1. The van der Waals surface area contributed by atoms with Gasteiger partial charge in [-0.1, -0.05) is 18.2 Å². The number of hydrogen-bond donors (Lipinski definition) is 1. The smallest absolute Gasteiger partial charge is 0.412 e. The first-order valence-electron chi connectivity index (χ1n) is 9.84. The van der Waals surface area contributed by atoms with Gasteiger partial charge < -0.3 is 14.4 Å². The monoisotopic (exact) mass is 410 g/mol. The topological polar surface area (TPSA) is 84.9 Å². The molecule has 0 spiro atoms. The summed E-state index contributed by atoms with van der Waals surface area (Å²) >= 11 is 0. The van der Waals surface area contributed by atoms with Crippen LogP contribution in [-0.2, 0) is 20.7 Å². The number of amides is 2. The van der Waals surface area contributed by atoms with E-state index in [4.69, 9.17) is 9.47 Å². The summed E-state index contributed by atoms with van der Waals surface area (Å²) in [5.41, 5.74) is 2.14. The van der Waals surface area contributed by atoms with Gasteiger partial charge in [-0.05, 0) is 70.0 Å². The molecule has 0 aliphatic carbocycles. The Bertz CT molecular complexity index is 947. The number of esters is 1. The molecular formula is C23H26N2O5. The lowest BCUT2D eigenvalue weighted by Gasteiger charge is -2.21. The number of rotatable bonds is 4. The van der Waals surface area contributed by atoms with Gasteiger partial charge in [0.25, 0.3) is 5.91 Å². The molecule has 2 aromatic carbocycles. The molecule has 7 heteroatoms. The molecule has 0 fully saturated rings. The van der Waals surface area contributed by atoms with Gasteiger partial charge in [0.05, 0.1) is 5.56 Å². The van der Waals surface area contributed by atoms with Crippen LogP contribution in [0.3, 0.4) is 0 Å². The van der Waals surface area contributed by atoms with Crippen molar-refractivity contribution in [2.45, 2.75) is 45.8 Å². The number of carbonyl (C=O) groups excluding carboxylic acids is 3. The maximum absolute atomic E-state index is 12.8. The number of anilines is 2. The molecule has 0 saturated heterocycles. The van der Waals surface area contributed by atoms with Crippen molar-refractivity contribution in [1.82, 2.24) is 0 Å². The van der Waals surface area contributed by atoms with Gasteiger partial charge in [0.15, 0.2) is 6.10 Å². The minimum Gasteiger partial charge on any atom is -0.449 e. The molecule has 3 rings (SSSR count). The van der Waals surface area contributed by atoms with Crippen LogP contribution in [0, 0.1) is 0 Å². The molecule has 1 heterocycles. The van der Waals surface area contributed by atoms with Gasteiger partial charge in [-0.2, -0.15) is 0 Å². The fourth-order valence-corrected chi connectivity index (χ4v) is 3.18. The Morgan fingerprint density at radius 3 is 2.37 bits per heavy atom. The van der Waals surface area contributed by atoms with Gasteiger partial charge in [-0.25, -0.2) is 9.59 Å². The number of benzene rings is 2. The number of nitrogens with one attached hydrogen (secondary N) is 1. The summed E-state index contributed by atoms with van der Waals surface area (Å²) in [6.07, 6.45) is -0.708. The lowest BCUT2D eigenvalue weighted by molar-refractivity contribution is -0.126. The second-order valence-electron chi connectivity index (χ2n) is 8.12. The van der Waals surface area contributed by atoms with E-state index >= 15 is 0 Å². The van der Waals surface area contributed by atoms with Crippen LogP contribution in [0.15, 0.2) is 48.5 Å². The average molecular weight is 410 g/mol. The highest BCUT2D eigenvalue weighted by Crippen LogP contribution is 2.28. The summed E-state index contributed by atoms with van der Waals surface area (Å²) in [5.74, 6) is -0.858. The Kier molecular flexibility index (Phi) is 6.10. The van der Waals surface area contributed by atoms with Crippen LogP contribution in [0.1, 0.15) is 43.6 Å². The molecule has 2 amide bonds. The Balaban J connectivity index is 1.58. The van der Waals surface area contributed by atoms with Crippen LogP contribution >= 0.6 is 0 Å². The Labute approximate surface area is 176 Å². The van der Waals surface area contributed by atoms with Crippen LogP contribution in [0.2, 0.25) is 0 Å². The Hall–Kier alpha value is -3.35. The predicted octanol–water partition coefficient (Wildman–Crippen LogP) is 4.17. The Morgan fingerprint density at radius 2 is 1.70 bits per heavy atom. The van der Waals surface area contributed by atoms with Gasteiger partial charge in [0.2, 0.25) is 0 Å². The summed E-state index contributed by atoms with van der Waals surface area (Å²) in [7, 11) is 0. The fraction of sp³-hybridized carbons (Fsp3) is 0.348. The quantitative estimate of drug-likeness (QED) is 0.765. The van der Waals surface area contributed by atoms with Crippen LogP contribution in [0.5, 0.6) is 0 Å². The lowest BCUT2D eigenvalue weighted by Crippen LogP contribution is -2.39. The van der Waals surface area contributed by atoms with E-state index < -0.39 is 23.8 Å². The SMILES string of the molecule is C[C@H](OC(=O)c1ccc(NC(=O)OC(C)(C)C)cc1)C(=O)N1CCc2ccccc21. The van der Waals surface area contributed by atoms with Crippen molar-refractivity contribution in [1.29, 1.82) is 0 Å². The second kappa shape index (κ2) is 8.57. The van der Waals surface area contributed by atoms with E-state index in [2.05, 4.69) is 5.32 Å². The normalized spacial score (nSPS) is 13.9. The van der Waals surface area contributed by atoms with E-state index in [1.807, 2.05) is 24.3 Å². The number of carbonyl (C=O) groups is 3. The van der Waals surface area contributed by atoms with Gasteiger partial charge in [-0.15, -0.1) is 0 Å². The third kappa shape index (κ3) is 5.17. The van der Waals surface area contributed by atoms with Crippen molar-refractivity contribution >= 4 is 29.3 Å². The van der Waals surface area contributed by atoms with Gasteiger partial charge >= 0.3 is 12.1 Å². The molecule has 7 nitrogen and oxygen atoms in total.